The van der Waals surface area contributed by atoms with Gasteiger partial charge in [0.2, 0.25) is 0 Å². The number of nitrogens with zero attached hydrogens (tertiary/aromatic N) is 1. The molecule has 0 bridgehead atoms. The predicted octanol–water partition coefficient (Wildman–Crippen LogP) is 3.79. The molecule has 1 N–H and O–H groups in total. The number of methoxy groups -OCH3 is 1. The molecule has 1 aliphatic rings. The van der Waals surface area contributed by atoms with Gasteiger partial charge in [0.05, 0.1) is 7.11 Å². The Labute approximate surface area is 148 Å². The molecule has 0 spiro atoms. The summed E-state index contributed by atoms with van der Waals surface area (Å²) >= 11 is 0. The van der Waals surface area contributed by atoms with Gasteiger partial charge in [0.1, 0.15) is 17.3 Å². The summed E-state index contributed by atoms with van der Waals surface area (Å²) in [5.41, 5.74) is 5.73. The lowest BCUT2D eigenvalue weighted by Gasteiger charge is -2.07. The van der Waals surface area contributed by atoms with E-state index < -0.39 is 0 Å². The summed E-state index contributed by atoms with van der Waals surface area (Å²) in [6.45, 7) is 6.21. The molecule has 128 valence electrons. The van der Waals surface area contributed by atoms with Crippen molar-refractivity contribution in [2.45, 2.75) is 27.2 Å². The molecular weight excluding hydrogens is 312 g/mol. The zero-order valence-electron chi connectivity index (χ0n) is 15.0. The number of hydrogen-bond donors (Lipinski definition) is 1. The first kappa shape index (κ1) is 17.0. The molecule has 0 unspecified atom stereocenters. The molecule has 25 heavy (non-hydrogen) atoms. The number of hydrogen-bond acceptors (Lipinski definition) is 3. The largest absolute Gasteiger partial charge is 0.496 e. The first-order valence-electron chi connectivity index (χ1n) is 8.38. The molecule has 0 atom stereocenters. The van der Waals surface area contributed by atoms with Gasteiger partial charge in [0.15, 0.2) is 0 Å². The molecule has 1 amide bonds. The second kappa shape index (κ2) is 6.93. The van der Waals surface area contributed by atoms with Crippen LogP contribution < -0.4 is 10.1 Å². The van der Waals surface area contributed by atoms with Crippen LogP contribution in [0.1, 0.15) is 34.7 Å². The molecule has 0 saturated carbocycles. The fourth-order valence-electron chi connectivity index (χ4n) is 2.76. The molecule has 0 aliphatic carbocycles. The molecular formula is C21H22N2O2. The first-order chi connectivity index (χ1) is 12.0. The molecule has 0 aromatic heterocycles. The summed E-state index contributed by atoms with van der Waals surface area (Å²) in [6.07, 6.45) is 2.70. The second-order valence-corrected chi connectivity index (χ2v) is 6.17. The summed E-state index contributed by atoms with van der Waals surface area (Å²) in [4.78, 5) is 16.8. The van der Waals surface area contributed by atoms with Crippen LogP contribution in [0.4, 0.5) is 0 Å². The quantitative estimate of drug-likeness (QED) is 0.865. The fraction of sp³-hybridized carbons (Fsp3) is 0.238. The van der Waals surface area contributed by atoms with Gasteiger partial charge >= 0.3 is 0 Å². The number of aryl methyl sites for hydroxylation is 3. The van der Waals surface area contributed by atoms with Gasteiger partial charge in [0.25, 0.3) is 5.91 Å². The van der Waals surface area contributed by atoms with E-state index in [2.05, 4.69) is 24.2 Å². The molecule has 2 aromatic rings. The van der Waals surface area contributed by atoms with E-state index in [1.807, 2.05) is 43.3 Å². The minimum atomic E-state index is -0.197. The van der Waals surface area contributed by atoms with E-state index in [-0.39, 0.29) is 5.91 Å². The van der Waals surface area contributed by atoms with Crippen molar-refractivity contribution in [3.63, 3.8) is 0 Å². The van der Waals surface area contributed by atoms with Crippen LogP contribution in [0.3, 0.4) is 0 Å². The third kappa shape index (κ3) is 3.48. The summed E-state index contributed by atoms with van der Waals surface area (Å²) < 4.78 is 5.41. The SMILES string of the molecule is CCc1ccc(OC)c(/C=C2/N=C(c3ccc(C)c(C)c3)NC2=O)c1. The number of aliphatic imine (C=N–C) groups is 1. The molecule has 0 fully saturated rings. The summed E-state index contributed by atoms with van der Waals surface area (Å²) in [5.74, 6) is 1.12. The predicted molar refractivity (Wildman–Crippen MR) is 101 cm³/mol. The van der Waals surface area contributed by atoms with Gasteiger partial charge in [-0.1, -0.05) is 25.1 Å². The van der Waals surface area contributed by atoms with E-state index in [9.17, 15) is 4.79 Å². The summed E-state index contributed by atoms with van der Waals surface area (Å²) in [5, 5.41) is 2.86. The van der Waals surface area contributed by atoms with E-state index in [4.69, 9.17) is 4.74 Å². The van der Waals surface area contributed by atoms with Crippen LogP contribution in [0.25, 0.3) is 6.08 Å². The highest BCUT2D eigenvalue weighted by Crippen LogP contribution is 2.25. The fourth-order valence-corrected chi connectivity index (χ4v) is 2.76. The monoisotopic (exact) mass is 334 g/mol. The number of carbonyl (C=O) groups excluding carboxylic acids is 1. The van der Waals surface area contributed by atoms with Crippen LogP contribution in [0.2, 0.25) is 0 Å². The van der Waals surface area contributed by atoms with Gasteiger partial charge in [-0.15, -0.1) is 0 Å². The Morgan fingerprint density at radius 1 is 1.12 bits per heavy atom. The van der Waals surface area contributed by atoms with Crippen molar-refractivity contribution in [1.29, 1.82) is 0 Å². The molecule has 1 heterocycles. The highest BCUT2D eigenvalue weighted by atomic mass is 16.5. The number of benzene rings is 2. The van der Waals surface area contributed by atoms with Crippen molar-refractivity contribution in [3.05, 3.63) is 69.9 Å². The third-order valence-electron chi connectivity index (χ3n) is 4.47. The highest BCUT2D eigenvalue weighted by molar-refractivity contribution is 6.19. The van der Waals surface area contributed by atoms with Crippen molar-refractivity contribution < 1.29 is 9.53 Å². The van der Waals surface area contributed by atoms with Crippen molar-refractivity contribution in [2.75, 3.05) is 7.11 Å². The number of nitrogens with one attached hydrogen (secondary N) is 1. The Balaban J connectivity index is 2.00. The van der Waals surface area contributed by atoms with Gasteiger partial charge in [0, 0.05) is 11.1 Å². The molecule has 2 aromatic carbocycles. The standard InChI is InChI=1S/C21H22N2O2/c1-5-15-7-9-19(25-4)17(11-15)12-18-21(24)23-20(22-18)16-8-6-13(2)14(3)10-16/h6-12H,5H2,1-4H3,(H,22,23,24)/b18-12+. The molecule has 0 saturated heterocycles. The Kier molecular flexibility index (Phi) is 4.70. The number of carbonyl (C=O) groups is 1. The Morgan fingerprint density at radius 3 is 2.60 bits per heavy atom. The lowest BCUT2D eigenvalue weighted by Crippen LogP contribution is -2.24. The van der Waals surface area contributed by atoms with Crippen molar-refractivity contribution in [1.82, 2.24) is 5.32 Å². The van der Waals surface area contributed by atoms with Gasteiger partial charge in [-0.2, -0.15) is 0 Å². The van der Waals surface area contributed by atoms with Crippen LogP contribution in [0.15, 0.2) is 47.1 Å². The van der Waals surface area contributed by atoms with E-state index in [0.717, 1.165) is 23.3 Å². The number of ether oxygens (including phenoxy) is 1. The molecule has 1 aliphatic heterocycles. The van der Waals surface area contributed by atoms with Crippen LogP contribution in [0, 0.1) is 13.8 Å². The second-order valence-electron chi connectivity index (χ2n) is 6.17. The van der Waals surface area contributed by atoms with E-state index >= 15 is 0 Å². The molecule has 3 rings (SSSR count). The number of rotatable bonds is 4. The van der Waals surface area contributed by atoms with Crippen molar-refractivity contribution >= 4 is 17.8 Å². The zero-order chi connectivity index (χ0) is 18.0. The Hall–Kier alpha value is -2.88. The van der Waals surface area contributed by atoms with Gasteiger partial charge in [-0.05, 0) is 61.2 Å². The highest BCUT2D eigenvalue weighted by Gasteiger charge is 2.22. The minimum Gasteiger partial charge on any atom is -0.496 e. The maximum atomic E-state index is 12.3. The van der Waals surface area contributed by atoms with Crippen molar-refractivity contribution in [2.24, 2.45) is 4.99 Å². The Bertz CT molecular complexity index is 895. The Morgan fingerprint density at radius 2 is 1.92 bits per heavy atom. The minimum absolute atomic E-state index is 0.197. The van der Waals surface area contributed by atoms with Gasteiger partial charge in [-0.25, -0.2) is 4.99 Å². The molecule has 4 heteroatoms. The average Bonchev–Trinajstić information content (AvgIpc) is 2.98. The first-order valence-corrected chi connectivity index (χ1v) is 8.38. The third-order valence-corrected chi connectivity index (χ3v) is 4.47. The maximum Gasteiger partial charge on any atom is 0.275 e. The van der Waals surface area contributed by atoms with Crippen LogP contribution in [0.5, 0.6) is 5.75 Å². The normalized spacial score (nSPS) is 15.3. The molecule has 4 nitrogen and oxygen atoms in total. The zero-order valence-corrected chi connectivity index (χ0v) is 15.0. The van der Waals surface area contributed by atoms with Crippen LogP contribution in [-0.4, -0.2) is 18.9 Å². The van der Waals surface area contributed by atoms with Gasteiger partial charge in [-0.3, -0.25) is 4.79 Å². The number of amides is 1. The molecule has 0 radical (unpaired) electrons. The van der Waals surface area contributed by atoms with Gasteiger partial charge < -0.3 is 10.1 Å². The van der Waals surface area contributed by atoms with E-state index in [1.165, 1.54) is 16.7 Å². The smallest absolute Gasteiger partial charge is 0.275 e. The summed E-state index contributed by atoms with van der Waals surface area (Å²) in [6, 6.07) is 12.0. The topological polar surface area (TPSA) is 50.7 Å². The summed E-state index contributed by atoms with van der Waals surface area (Å²) in [7, 11) is 1.63. The lowest BCUT2D eigenvalue weighted by atomic mass is 10.1. The van der Waals surface area contributed by atoms with Crippen LogP contribution >= 0.6 is 0 Å². The average molecular weight is 334 g/mol. The van der Waals surface area contributed by atoms with E-state index in [1.54, 1.807) is 13.2 Å². The maximum absolute atomic E-state index is 12.3. The number of amidine groups is 1. The lowest BCUT2D eigenvalue weighted by molar-refractivity contribution is -0.115. The van der Waals surface area contributed by atoms with E-state index in [0.29, 0.717) is 11.5 Å². The van der Waals surface area contributed by atoms with Crippen molar-refractivity contribution in [3.8, 4) is 5.75 Å². The van der Waals surface area contributed by atoms with Crippen LogP contribution in [-0.2, 0) is 11.2 Å².